The van der Waals surface area contributed by atoms with Crippen molar-refractivity contribution in [2.45, 2.75) is 12.8 Å². The molecule has 74 valence electrons. The molecule has 0 saturated carbocycles. The van der Waals surface area contributed by atoms with Crippen LogP contribution in [0.25, 0.3) is 6.08 Å². The van der Waals surface area contributed by atoms with Crippen LogP contribution in [0.5, 0.6) is 0 Å². The highest BCUT2D eigenvalue weighted by atomic mass is 14.9. The van der Waals surface area contributed by atoms with Crippen LogP contribution in [0.15, 0.2) is 24.8 Å². The van der Waals surface area contributed by atoms with Crippen molar-refractivity contribution in [3.63, 3.8) is 0 Å². The topological polar surface area (TPSA) is 37.8 Å². The van der Waals surface area contributed by atoms with Gasteiger partial charge in [-0.3, -0.25) is 0 Å². The number of aromatic nitrogens is 2. The monoisotopic (exact) mass is 189 g/mol. The summed E-state index contributed by atoms with van der Waals surface area (Å²) >= 11 is 0. The van der Waals surface area contributed by atoms with Crippen molar-refractivity contribution in [1.29, 1.82) is 0 Å². The lowest BCUT2D eigenvalue weighted by molar-refractivity contribution is 0.439. The number of hydrogen-bond acceptors (Lipinski definition) is 3. The Morgan fingerprint density at radius 1 is 1.36 bits per heavy atom. The van der Waals surface area contributed by atoms with Crippen LogP contribution in [0.4, 0.5) is 0 Å². The Labute approximate surface area is 84.3 Å². The molecule has 1 N–H and O–H groups in total. The second-order valence-electron chi connectivity index (χ2n) is 3.64. The minimum atomic E-state index is 0.670. The fourth-order valence-corrected chi connectivity index (χ4v) is 1.69. The summed E-state index contributed by atoms with van der Waals surface area (Å²) in [6.45, 7) is 2.27. The summed E-state index contributed by atoms with van der Waals surface area (Å²) in [5, 5.41) is 3.39. The van der Waals surface area contributed by atoms with E-state index in [-0.39, 0.29) is 0 Å². The molecule has 2 heterocycles. The van der Waals surface area contributed by atoms with E-state index < -0.39 is 0 Å². The molecule has 2 rings (SSSR count). The van der Waals surface area contributed by atoms with E-state index in [2.05, 4.69) is 27.4 Å². The molecule has 3 nitrogen and oxygen atoms in total. The molecule has 0 spiro atoms. The van der Waals surface area contributed by atoms with E-state index in [0.29, 0.717) is 5.92 Å². The summed E-state index contributed by atoms with van der Waals surface area (Å²) in [4.78, 5) is 7.94. The molecule has 1 unspecified atom stereocenters. The van der Waals surface area contributed by atoms with Crippen LogP contribution in [0.1, 0.15) is 18.4 Å². The van der Waals surface area contributed by atoms with Gasteiger partial charge in [0.1, 0.15) is 6.33 Å². The SMILES string of the molecule is C(=C\C1CCCNC1)/c1cncnc1. The molecule has 1 aromatic heterocycles. The van der Waals surface area contributed by atoms with E-state index >= 15 is 0 Å². The van der Waals surface area contributed by atoms with E-state index in [0.717, 1.165) is 12.1 Å². The maximum Gasteiger partial charge on any atom is 0.115 e. The highest BCUT2D eigenvalue weighted by Crippen LogP contribution is 2.12. The fraction of sp³-hybridized carbons (Fsp3) is 0.455. The largest absolute Gasteiger partial charge is 0.316 e. The van der Waals surface area contributed by atoms with Gasteiger partial charge in [0.25, 0.3) is 0 Å². The van der Waals surface area contributed by atoms with Gasteiger partial charge < -0.3 is 5.32 Å². The Kier molecular flexibility index (Phi) is 3.24. The third kappa shape index (κ3) is 2.64. The van der Waals surface area contributed by atoms with Gasteiger partial charge in [-0.25, -0.2) is 9.97 Å². The zero-order valence-electron chi connectivity index (χ0n) is 8.19. The number of hydrogen-bond donors (Lipinski definition) is 1. The Bertz CT molecular complexity index is 289. The first-order valence-electron chi connectivity index (χ1n) is 5.09. The van der Waals surface area contributed by atoms with Crippen molar-refractivity contribution >= 4 is 6.08 Å². The first-order chi connectivity index (χ1) is 6.95. The number of nitrogens with zero attached hydrogens (tertiary/aromatic N) is 2. The van der Waals surface area contributed by atoms with E-state index in [1.807, 2.05) is 12.4 Å². The Hall–Kier alpha value is -1.22. The zero-order valence-corrected chi connectivity index (χ0v) is 8.19. The minimum Gasteiger partial charge on any atom is -0.316 e. The molecule has 1 atom stereocenters. The van der Waals surface area contributed by atoms with Crippen LogP contribution >= 0.6 is 0 Å². The first kappa shape index (κ1) is 9.34. The second-order valence-corrected chi connectivity index (χ2v) is 3.64. The van der Waals surface area contributed by atoms with Crippen LogP contribution in [0, 0.1) is 5.92 Å². The standard InChI is InChI=1S/C11H15N3/c1-2-10(6-12-5-1)3-4-11-7-13-9-14-8-11/h3-4,7-10,12H,1-2,5-6H2/b4-3+. The van der Waals surface area contributed by atoms with Crippen molar-refractivity contribution in [2.24, 2.45) is 5.92 Å². The number of nitrogens with one attached hydrogen (secondary N) is 1. The summed E-state index contributed by atoms with van der Waals surface area (Å²) in [6.07, 6.45) is 12.2. The average molecular weight is 189 g/mol. The van der Waals surface area contributed by atoms with Gasteiger partial charge in [-0.05, 0) is 25.3 Å². The molecule has 1 aliphatic heterocycles. The molecular weight excluding hydrogens is 174 g/mol. The summed E-state index contributed by atoms with van der Waals surface area (Å²) in [6, 6.07) is 0. The summed E-state index contributed by atoms with van der Waals surface area (Å²) in [5.41, 5.74) is 1.08. The maximum atomic E-state index is 3.97. The summed E-state index contributed by atoms with van der Waals surface area (Å²) in [7, 11) is 0. The van der Waals surface area contributed by atoms with Crippen LogP contribution < -0.4 is 5.32 Å². The van der Waals surface area contributed by atoms with E-state index in [9.17, 15) is 0 Å². The predicted molar refractivity (Wildman–Crippen MR) is 56.7 cm³/mol. The van der Waals surface area contributed by atoms with Gasteiger partial charge >= 0.3 is 0 Å². The summed E-state index contributed by atoms with van der Waals surface area (Å²) in [5.74, 6) is 0.670. The van der Waals surface area contributed by atoms with Gasteiger partial charge in [0.2, 0.25) is 0 Å². The lowest BCUT2D eigenvalue weighted by Gasteiger charge is -2.19. The van der Waals surface area contributed by atoms with Gasteiger partial charge in [0.05, 0.1) is 0 Å². The van der Waals surface area contributed by atoms with Gasteiger partial charge in [-0.15, -0.1) is 0 Å². The van der Waals surface area contributed by atoms with Crippen LogP contribution in [0.2, 0.25) is 0 Å². The van der Waals surface area contributed by atoms with E-state index in [1.54, 1.807) is 6.33 Å². The lowest BCUT2D eigenvalue weighted by Crippen LogP contribution is -2.28. The number of rotatable bonds is 2. The second kappa shape index (κ2) is 4.86. The third-order valence-electron chi connectivity index (χ3n) is 2.48. The molecule has 3 heteroatoms. The zero-order chi connectivity index (χ0) is 9.64. The van der Waals surface area contributed by atoms with Crippen LogP contribution in [-0.2, 0) is 0 Å². The third-order valence-corrected chi connectivity index (χ3v) is 2.48. The molecule has 0 aromatic carbocycles. The van der Waals surface area contributed by atoms with Crippen molar-refractivity contribution in [3.05, 3.63) is 30.4 Å². The Morgan fingerprint density at radius 2 is 2.21 bits per heavy atom. The Balaban J connectivity index is 1.93. The van der Waals surface area contributed by atoms with Gasteiger partial charge in [-0.2, -0.15) is 0 Å². The smallest absolute Gasteiger partial charge is 0.115 e. The molecule has 1 fully saturated rings. The summed E-state index contributed by atoms with van der Waals surface area (Å²) < 4.78 is 0. The van der Waals surface area contributed by atoms with Gasteiger partial charge in [0, 0.05) is 24.5 Å². The fourth-order valence-electron chi connectivity index (χ4n) is 1.69. The lowest BCUT2D eigenvalue weighted by atomic mass is 9.99. The average Bonchev–Trinajstić information content (AvgIpc) is 2.29. The van der Waals surface area contributed by atoms with Crippen molar-refractivity contribution in [1.82, 2.24) is 15.3 Å². The van der Waals surface area contributed by atoms with Crippen molar-refractivity contribution in [3.8, 4) is 0 Å². The van der Waals surface area contributed by atoms with E-state index in [4.69, 9.17) is 0 Å². The first-order valence-corrected chi connectivity index (χ1v) is 5.09. The maximum absolute atomic E-state index is 3.97. The Morgan fingerprint density at radius 3 is 2.93 bits per heavy atom. The molecule has 14 heavy (non-hydrogen) atoms. The minimum absolute atomic E-state index is 0.670. The highest BCUT2D eigenvalue weighted by molar-refractivity contribution is 5.46. The number of piperidine rings is 1. The molecule has 0 bridgehead atoms. The van der Waals surface area contributed by atoms with E-state index in [1.165, 1.54) is 19.4 Å². The molecule has 0 radical (unpaired) electrons. The van der Waals surface area contributed by atoms with Gasteiger partial charge in [-0.1, -0.05) is 12.2 Å². The van der Waals surface area contributed by atoms with Crippen LogP contribution in [0.3, 0.4) is 0 Å². The molecule has 1 saturated heterocycles. The van der Waals surface area contributed by atoms with Crippen molar-refractivity contribution < 1.29 is 0 Å². The molecule has 0 amide bonds. The normalized spacial score (nSPS) is 22.7. The quantitative estimate of drug-likeness (QED) is 0.766. The molecule has 1 aliphatic rings. The molecule has 0 aliphatic carbocycles. The molecular formula is C11H15N3. The van der Waals surface area contributed by atoms with Gasteiger partial charge in [0.15, 0.2) is 0 Å². The highest BCUT2D eigenvalue weighted by Gasteiger charge is 2.08. The molecule has 1 aromatic rings. The predicted octanol–water partition coefficient (Wildman–Crippen LogP) is 1.49. The van der Waals surface area contributed by atoms with Crippen molar-refractivity contribution in [2.75, 3.05) is 13.1 Å². The van der Waals surface area contributed by atoms with Crippen LogP contribution in [-0.4, -0.2) is 23.1 Å².